The van der Waals surface area contributed by atoms with Crippen LogP contribution in [0.5, 0.6) is 0 Å². The summed E-state index contributed by atoms with van der Waals surface area (Å²) in [7, 11) is 0. The maximum Gasteiger partial charge on any atom is 0.242 e. The lowest BCUT2D eigenvalue weighted by molar-refractivity contribution is -0.121. The fraction of sp³-hybridized carbons (Fsp3) is 0.526. The smallest absolute Gasteiger partial charge is 0.242 e. The summed E-state index contributed by atoms with van der Waals surface area (Å²) in [6, 6.07) is 7.82. The normalized spacial score (nSPS) is 17.2. The Morgan fingerprint density at radius 3 is 2.69 bits per heavy atom. The van der Waals surface area contributed by atoms with Gasteiger partial charge in [-0.05, 0) is 39.3 Å². The second-order valence-electron chi connectivity index (χ2n) is 7.41. The number of amides is 2. The molecule has 2 rings (SSSR count). The summed E-state index contributed by atoms with van der Waals surface area (Å²) in [6.45, 7) is 9.08. The van der Waals surface area contributed by atoms with Crippen molar-refractivity contribution < 1.29 is 9.59 Å². The molecule has 0 radical (unpaired) electrons. The molecule has 26 heavy (non-hydrogen) atoms. The molecule has 1 unspecified atom stereocenters. The van der Waals surface area contributed by atoms with Crippen LogP contribution < -0.4 is 21.3 Å². The molecule has 1 aromatic rings. The molecule has 1 aliphatic heterocycles. The van der Waals surface area contributed by atoms with Crippen molar-refractivity contribution in [2.24, 2.45) is 4.99 Å². The van der Waals surface area contributed by atoms with Crippen LogP contribution in [0.15, 0.2) is 29.3 Å². The van der Waals surface area contributed by atoms with E-state index in [9.17, 15) is 9.59 Å². The summed E-state index contributed by atoms with van der Waals surface area (Å²) >= 11 is 0. The van der Waals surface area contributed by atoms with Crippen LogP contribution in [-0.2, 0) is 9.59 Å². The highest BCUT2D eigenvalue weighted by molar-refractivity contribution is 5.95. The number of fused-ring (bicyclic) bond motifs is 1. The molecular weight excluding hydrogens is 330 g/mol. The van der Waals surface area contributed by atoms with Gasteiger partial charge in [-0.3, -0.25) is 9.59 Å². The molecule has 4 N–H and O–H groups in total. The molecule has 7 heteroatoms. The number of carbonyl (C=O) groups excluding carboxylic acids is 2. The minimum atomic E-state index is -0.280. The molecule has 1 aromatic carbocycles. The third kappa shape index (κ3) is 6.06. The Labute approximate surface area is 155 Å². The maximum atomic E-state index is 12.0. The Morgan fingerprint density at radius 2 is 2.00 bits per heavy atom. The lowest BCUT2D eigenvalue weighted by Gasteiger charge is -2.26. The van der Waals surface area contributed by atoms with Crippen molar-refractivity contribution in [1.29, 1.82) is 0 Å². The highest BCUT2D eigenvalue weighted by Crippen LogP contribution is 2.31. The molecule has 1 aliphatic rings. The number of anilines is 1. The number of hydrogen-bond donors (Lipinski definition) is 4. The Morgan fingerprint density at radius 1 is 1.27 bits per heavy atom. The largest absolute Gasteiger partial charge is 0.357 e. The Hall–Kier alpha value is -2.57. The van der Waals surface area contributed by atoms with Gasteiger partial charge in [0.15, 0.2) is 5.96 Å². The average Bonchev–Trinajstić information content (AvgIpc) is 2.55. The van der Waals surface area contributed by atoms with Gasteiger partial charge >= 0.3 is 0 Å². The van der Waals surface area contributed by atoms with E-state index in [0.717, 1.165) is 11.3 Å². The first-order chi connectivity index (χ1) is 12.3. The van der Waals surface area contributed by atoms with Gasteiger partial charge in [-0.15, -0.1) is 0 Å². The van der Waals surface area contributed by atoms with E-state index in [1.54, 1.807) is 0 Å². The molecule has 7 nitrogen and oxygen atoms in total. The molecule has 1 atom stereocenters. The molecule has 0 bridgehead atoms. The van der Waals surface area contributed by atoms with E-state index in [1.807, 2.05) is 52.0 Å². The number of rotatable bonds is 5. The minimum Gasteiger partial charge on any atom is -0.357 e. The lowest BCUT2D eigenvalue weighted by Crippen LogP contribution is -2.44. The number of aliphatic imine (C=N–C) groups is 1. The Kier molecular flexibility index (Phi) is 6.60. The van der Waals surface area contributed by atoms with Crippen LogP contribution in [0, 0.1) is 0 Å². The van der Waals surface area contributed by atoms with E-state index in [0.29, 0.717) is 25.5 Å². The second kappa shape index (κ2) is 8.69. The van der Waals surface area contributed by atoms with Crippen LogP contribution in [0.1, 0.15) is 45.6 Å². The lowest BCUT2D eigenvalue weighted by atomic mass is 9.90. The number of benzene rings is 1. The summed E-state index contributed by atoms with van der Waals surface area (Å²) < 4.78 is 0. The number of nitrogens with zero attached hydrogens (tertiary/aromatic N) is 1. The van der Waals surface area contributed by atoms with E-state index >= 15 is 0 Å². The zero-order valence-corrected chi connectivity index (χ0v) is 16.0. The van der Waals surface area contributed by atoms with Gasteiger partial charge in [0.1, 0.15) is 6.54 Å². The first kappa shape index (κ1) is 19.8. The van der Waals surface area contributed by atoms with Crippen LogP contribution in [0.3, 0.4) is 0 Å². The van der Waals surface area contributed by atoms with Crippen LogP contribution in [-0.4, -0.2) is 42.9 Å². The zero-order valence-electron chi connectivity index (χ0n) is 16.0. The summed E-state index contributed by atoms with van der Waals surface area (Å²) in [4.78, 5) is 28.2. The fourth-order valence-corrected chi connectivity index (χ4v) is 2.85. The van der Waals surface area contributed by atoms with Crippen molar-refractivity contribution in [2.45, 2.75) is 45.6 Å². The molecule has 0 saturated heterocycles. The highest BCUT2D eigenvalue weighted by Gasteiger charge is 2.24. The molecule has 0 fully saturated rings. The predicted octanol–water partition coefficient (Wildman–Crippen LogP) is 1.58. The molecule has 1 heterocycles. The van der Waals surface area contributed by atoms with E-state index in [1.165, 1.54) is 0 Å². The van der Waals surface area contributed by atoms with Crippen molar-refractivity contribution >= 4 is 23.5 Å². The molecule has 0 aliphatic carbocycles. The summed E-state index contributed by atoms with van der Waals surface area (Å²) in [6.07, 6.45) is 0.425. The third-order valence-electron chi connectivity index (χ3n) is 3.86. The summed E-state index contributed by atoms with van der Waals surface area (Å²) in [5, 5.41) is 12.2. The summed E-state index contributed by atoms with van der Waals surface area (Å²) in [5.41, 5.74) is 1.69. The second-order valence-corrected chi connectivity index (χ2v) is 7.41. The van der Waals surface area contributed by atoms with Crippen molar-refractivity contribution in [2.75, 3.05) is 25.0 Å². The van der Waals surface area contributed by atoms with Crippen molar-refractivity contribution in [3.63, 3.8) is 0 Å². The van der Waals surface area contributed by atoms with Crippen LogP contribution in [0.25, 0.3) is 0 Å². The van der Waals surface area contributed by atoms with E-state index in [2.05, 4.69) is 26.3 Å². The zero-order chi connectivity index (χ0) is 19.2. The van der Waals surface area contributed by atoms with Gasteiger partial charge in [0.25, 0.3) is 0 Å². The molecular formula is C19H29N5O2. The van der Waals surface area contributed by atoms with Gasteiger partial charge in [0, 0.05) is 36.7 Å². The molecule has 2 amide bonds. The summed E-state index contributed by atoms with van der Waals surface area (Å²) in [5.74, 6) is 0.520. The van der Waals surface area contributed by atoms with Crippen LogP contribution in [0.4, 0.5) is 5.69 Å². The number of hydrogen-bond acceptors (Lipinski definition) is 3. The highest BCUT2D eigenvalue weighted by atomic mass is 16.2. The van der Waals surface area contributed by atoms with E-state index < -0.39 is 0 Å². The van der Waals surface area contributed by atoms with Gasteiger partial charge in [-0.25, -0.2) is 4.99 Å². The molecule has 0 spiro atoms. The molecule has 0 saturated carbocycles. The van der Waals surface area contributed by atoms with Crippen molar-refractivity contribution in [3.05, 3.63) is 29.8 Å². The van der Waals surface area contributed by atoms with Gasteiger partial charge in [-0.1, -0.05) is 18.2 Å². The number of carbonyl (C=O) groups is 2. The Bertz CT molecular complexity index is 679. The van der Waals surface area contributed by atoms with Crippen molar-refractivity contribution in [1.82, 2.24) is 16.0 Å². The van der Waals surface area contributed by atoms with Crippen molar-refractivity contribution in [3.8, 4) is 0 Å². The van der Waals surface area contributed by atoms with Gasteiger partial charge < -0.3 is 21.3 Å². The number of guanidine groups is 1. The fourth-order valence-electron chi connectivity index (χ4n) is 2.85. The predicted molar refractivity (Wildman–Crippen MR) is 104 cm³/mol. The number of para-hydroxylation sites is 1. The monoisotopic (exact) mass is 359 g/mol. The first-order valence-corrected chi connectivity index (χ1v) is 9.00. The molecule has 0 aromatic heterocycles. The van der Waals surface area contributed by atoms with Gasteiger partial charge in [0.05, 0.1) is 0 Å². The SMILES string of the molecule is CCNC(=NCC(=O)NC(C)(C)C)NCC1CC(=O)Nc2ccccc21. The quantitative estimate of drug-likeness (QED) is 0.474. The van der Waals surface area contributed by atoms with Crippen LogP contribution >= 0.6 is 0 Å². The van der Waals surface area contributed by atoms with E-state index in [-0.39, 0.29) is 29.8 Å². The minimum absolute atomic E-state index is 0.0157. The maximum absolute atomic E-state index is 12.0. The van der Waals surface area contributed by atoms with Gasteiger partial charge in [-0.2, -0.15) is 0 Å². The first-order valence-electron chi connectivity index (χ1n) is 9.00. The standard InChI is InChI=1S/C19H29N5O2/c1-5-20-18(22-12-17(26)24-19(2,3)4)21-11-13-10-16(25)23-15-9-7-6-8-14(13)15/h6-9,13H,5,10-12H2,1-4H3,(H,23,25)(H,24,26)(H2,20,21,22). The molecule has 142 valence electrons. The topological polar surface area (TPSA) is 94.6 Å². The van der Waals surface area contributed by atoms with Gasteiger partial charge in [0.2, 0.25) is 11.8 Å². The van der Waals surface area contributed by atoms with E-state index in [4.69, 9.17) is 0 Å². The Balaban J connectivity index is 1.99. The number of nitrogens with one attached hydrogen (secondary N) is 4. The third-order valence-corrected chi connectivity index (χ3v) is 3.86. The van der Waals surface area contributed by atoms with Crippen LogP contribution in [0.2, 0.25) is 0 Å². The average molecular weight is 359 g/mol.